The molecule has 146 valence electrons. The SMILES string of the molecule is NC1CCC(Nc2cc(-c3csc(NCC4CCOCC4)n3)ccn2)CC1. The summed E-state index contributed by atoms with van der Waals surface area (Å²) in [6, 6.07) is 4.97. The maximum Gasteiger partial charge on any atom is 0.183 e. The number of nitrogens with two attached hydrogens (primary N) is 1. The molecule has 0 amide bonds. The quantitative estimate of drug-likeness (QED) is 0.700. The van der Waals surface area contributed by atoms with E-state index in [1.807, 2.05) is 12.3 Å². The second-order valence-electron chi connectivity index (χ2n) is 7.66. The molecular formula is C20H29N5OS. The van der Waals surface area contributed by atoms with E-state index >= 15 is 0 Å². The fraction of sp³-hybridized carbons (Fsp3) is 0.600. The van der Waals surface area contributed by atoms with Crippen molar-refractivity contribution < 1.29 is 4.74 Å². The molecule has 4 N–H and O–H groups in total. The third kappa shape index (κ3) is 5.18. The molecule has 27 heavy (non-hydrogen) atoms. The van der Waals surface area contributed by atoms with E-state index in [1.54, 1.807) is 11.3 Å². The van der Waals surface area contributed by atoms with Crippen molar-refractivity contribution in [3.8, 4) is 11.3 Å². The third-order valence-corrected chi connectivity index (χ3v) is 6.37. The van der Waals surface area contributed by atoms with Crippen LogP contribution in [-0.2, 0) is 4.74 Å². The molecule has 6 nitrogen and oxygen atoms in total. The number of hydrogen-bond acceptors (Lipinski definition) is 7. The van der Waals surface area contributed by atoms with Gasteiger partial charge in [0.2, 0.25) is 0 Å². The predicted molar refractivity (Wildman–Crippen MR) is 111 cm³/mol. The maximum absolute atomic E-state index is 6.00. The molecule has 1 saturated carbocycles. The summed E-state index contributed by atoms with van der Waals surface area (Å²) >= 11 is 1.67. The molecule has 1 saturated heterocycles. The van der Waals surface area contributed by atoms with E-state index in [4.69, 9.17) is 15.5 Å². The van der Waals surface area contributed by atoms with Gasteiger partial charge in [0, 0.05) is 49.0 Å². The molecule has 0 bridgehead atoms. The zero-order valence-electron chi connectivity index (χ0n) is 15.7. The van der Waals surface area contributed by atoms with Crippen molar-refractivity contribution >= 4 is 22.3 Å². The van der Waals surface area contributed by atoms with E-state index in [0.717, 1.165) is 80.5 Å². The van der Waals surface area contributed by atoms with E-state index < -0.39 is 0 Å². The summed E-state index contributed by atoms with van der Waals surface area (Å²) in [5.74, 6) is 1.61. The molecule has 3 heterocycles. The zero-order chi connectivity index (χ0) is 18.5. The van der Waals surface area contributed by atoms with Gasteiger partial charge in [-0.25, -0.2) is 9.97 Å². The van der Waals surface area contributed by atoms with Crippen molar-refractivity contribution in [2.24, 2.45) is 11.7 Å². The summed E-state index contributed by atoms with van der Waals surface area (Å²) in [6.45, 7) is 2.74. The highest BCUT2D eigenvalue weighted by Gasteiger charge is 2.19. The maximum atomic E-state index is 6.00. The Kier molecular flexibility index (Phi) is 6.21. The van der Waals surface area contributed by atoms with E-state index in [2.05, 4.69) is 27.1 Å². The molecule has 0 aromatic carbocycles. The average Bonchev–Trinajstić information content (AvgIpc) is 3.18. The van der Waals surface area contributed by atoms with Gasteiger partial charge in [-0.2, -0.15) is 0 Å². The van der Waals surface area contributed by atoms with Gasteiger partial charge in [-0.05, 0) is 56.6 Å². The number of nitrogens with one attached hydrogen (secondary N) is 2. The first kappa shape index (κ1) is 18.7. The molecule has 1 aliphatic carbocycles. The Balaban J connectivity index is 1.35. The van der Waals surface area contributed by atoms with E-state index in [0.29, 0.717) is 18.0 Å². The third-order valence-electron chi connectivity index (χ3n) is 5.57. The molecule has 0 spiro atoms. The summed E-state index contributed by atoms with van der Waals surface area (Å²) in [5, 5.41) is 10.2. The normalized spacial score (nSPS) is 23.9. The predicted octanol–water partition coefficient (Wildman–Crippen LogP) is 3.73. The lowest BCUT2D eigenvalue weighted by molar-refractivity contribution is 0.0699. The van der Waals surface area contributed by atoms with Gasteiger partial charge < -0.3 is 21.1 Å². The topological polar surface area (TPSA) is 85.1 Å². The van der Waals surface area contributed by atoms with Crippen LogP contribution in [0.5, 0.6) is 0 Å². The summed E-state index contributed by atoms with van der Waals surface area (Å²) in [4.78, 5) is 9.25. The molecule has 2 aliphatic rings. The van der Waals surface area contributed by atoms with Crippen LogP contribution in [0.3, 0.4) is 0 Å². The molecule has 4 rings (SSSR count). The van der Waals surface area contributed by atoms with Crippen molar-refractivity contribution in [2.75, 3.05) is 30.4 Å². The van der Waals surface area contributed by atoms with Crippen LogP contribution in [0, 0.1) is 5.92 Å². The number of aromatic nitrogens is 2. The number of hydrogen-bond donors (Lipinski definition) is 3. The second-order valence-corrected chi connectivity index (χ2v) is 8.52. The molecule has 2 aromatic heterocycles. The van der Waals surface area contributed by atoms with Crippen LogP contribution in [0.1, 0.15) is 38.5 Å². The number of anilines is 2. The molecule has 7 heteroatoms. The largest absolute Gasteiger partial charge is 0.381 e. The van der Waals surface area contributed by atoms with Gasteiger partial charge in [-0.3, -0.25) is 0 Å². The van der Waals surface area contributed by atoms with Crippen LogP contribution < -0.4 is 16.4 Å². The Morgan fingerprint density at radius 1 is 1.15 bits per heavy atom. The van der Waals surface area contributed by atoms with Gasteiger partial charge in [0.15, 0.2) is 5.13 Å². The first-order valence-corrected chi connectivity index (χ1v) is 10.9. The van der Waals surface area contributed by atoms with Crippen LogP contribution in [0.4, 0.5) is 10.9 Å². The van der Waals surface area contributed by atoms with E-state index in [-0.39, 0.29) is 0 Å². The number of thiazole rings is 1. The molecule has 2 fully saturated rings. The fourth-order valence-electron chi connectivity index (χ4n) is 3.81. The van der Waals surface area contributed by atoms with Crippen LogP contribution in [0.2, 0.25) is 0 Å². The minimum atomic E-state index is 0.365. The lowest BCUT2D eigenvalue weighted by Gasteiger charge is -2.27. The molecule has 0 unspecified atom stereocenters. The molecular weight excluding hydrogens is 358 g/mol. The highest BCUT2D eigenvalue weighted by atomic mass is 32.1. The summed E-state index contributed by atoms with van der Waals surface area (Å²) < 4.78 is 5.43. The van der Waals surface area contributed by atoms with Crippen molar-refractivity contribution in [1.82, 2.24) is 9.97 Å². The van der Waals surface area contributed by atoms with Crippen LogP contribution >= 0.6 is 11.3 Å². The van der Waals surface area contributed by atoms with Crippen LogP contribution in [-0.4, -0.2) is 41.8 Å². The summed E-state index contributed by atoms with van der Waals surface area (Å²) in [5.41, 5.74) is 8.11. The first-order valence-electron chi connectivity index (χ1n) is 10.0. The van der Waals surface area contributed by atoms with Crippen LogP contribution in [0.25, 0.3) is 11.3 Å². The lowest BCUT2D eigenvalue weighted by Crippen LogP contribution is -2.32. The highest BCUT2D eigenvalue weighted by molar-refractivity contribution is 7.14. The highest BCUT2D eigenvalue weighted by Crippen LogP contribution is 2.28. The molecule has 0 atom stereocenters. The average molecular weight is 388 g/mol. The van der Waals surface area contributed by atoms with Crippen molar-refractivity contribution in [3.05, 3.63) is 23.7 Å². The van der Waals surface area contributed by atoms with Gasteiger partial charge in [0.25, 0.3) is 0 Å². The smallest absolute Gasteiger partial charge is 0.183 e. The summed E-state index contributed by atoms with van der Waals surface area (Å²) in [6.07, 6.45) is 8.54. The Morgan fingerprint density at radius 2 is 1.96 bits per heavy atom. The molecule has 2 aromatic rings. The Bertz CT molecular complexity index is 723. The number of ether oxygens (including phenoxy) is 1. The first-order chi connectivity index (χ1) is 13.3. The van der Waals surface area contributed by atoms with E-state index in [1.165, 1.54) is 0 Å². The van der Waals surface area contributed by atoms with Gasteiger partial charge >= 0.3 is 0 Å². The van der Waals surface area contributed by atoms with Gasteiger partial charge in [0.1, 0.15) is 5.82 Å². The standard InChI is InChI=1S/C20H29N5OS/c21-16-1-3-17(4-2-16)24-19-11-15(5-8-22-19)18-13-27-20(25-18)23-12-14-6-9-26-10-7-14/h5,8,11,13-14,16-17H,1-4,6-7,9-10,12,21H2,(H,22,24)(H,23,25). The fourth-order valence-corrected chi connectivity index (χ4v) is 4.54. The zero-order valence-corrected chi connectivity index (χ0v) is 16.5. The minimum Gasteiger partial charge on any atom is -0.381 e. The van der Waals surface area contributed by atoms with Crippen molar-refractivity contribution in [3.63, 3.8) is 0 Å². The van der Waals surface area contributed by atoms with Crippen molar-refractivity contribution in [1.29, 1.82) is 0 Å². The number of nitrogens with zero attached hydrogens (tertiary/aromatic N) is 2. The van der Waals surface area contributed by atoms with Crippen LogP contribution in [0.15, 0.2) is 23.7 Å². The van der Waals surface area contributed by atoms with Gasteiger partial charge in [-0.1, -0.05) is 0 Å². The minimum absolute atomic E-state index is 0.365. The van der Waals surface area contributed by atoms with Gasteiger partial charge in [0.05, 0.1) is 5.69 Å². The Labute approximate surface area is 164 Å². The summed E-state index contributed by atoms with van der Waals surface area (Å²) in [7, 11) is 0. The van der Waals surface area contributed by atoms with Crippen molar-refractivity contribution in [2.45, 2.75) is 50.6 Å². The number of rotatable bonds is 6. The van der Waals surface area contributed by atoms with Gasteiger partial charge in [-0.15, -0.1) is 11.3 Å². The Hall–Kier alpha value is -1.70. The molecule has 1 aliphatic heterocycles. The Morgan fingerprint density at radius 3 is 2.78 bits per heavy atom. The second kappa shape index (κ2) is 8.99. The van der Waals surface area contributed by atoms with E-state index in [9.17, 15) is 0 Å². The number of pyridine rings is 1. The monoisotopic (exact) mass is 387 g/mol. The lowest BCUT2D eigenvalue weighted by atomic mass is 9.92. The molecule has 0 radical (unpaired) electrons.